The number of nitrogens with one attached hydrogen (secondary N) is 2. The van der Waals surface area contributed by atoms with Gasteiger partial charge in [-0.15, -0.1) is 0 Å². The molecule has 3 heterocycles. The first-order valence-electron chi connectivity index (χ1n) is 8.60. The van der Waals surface area contributed by atoms with Crippen LogP contribution in [0.4, 0.5) is 11.8 Å². The molecule has 1 atom stereocenters. The molecule has 2 aliphatic heterocycles. The van der Waals surface area contributed by atoms with E-state index in [0.717, 1.165) is 54.6 Å². The molecule has 25 heavy (non-hydrogen) atoms. The van der Waals surface area contributed by atoms with Crippen LogP contribution in [0.2, 0.25) is 0 Å². The van der Waals surface area contributed by atoms with Crippen molar-refractivity contribution < 1.29 is 14.2 Å². The highest BCUT2D eigenvalue weighted by Gasteiger charge is 2.16. The number of fused-ring (bicyclic) bond motifs is 1. The van der Waals surface area contributed by atoms with Crippen molar-refractivity contribution >= 4 is 11.8 Å². The van der Waals surface area contributed by atoms with Crippen LogP contribution in [0.1, 0.15) is 24.1 Å². The highest BCUT2D eigenvalue weighted by Crippen LogP contribution is 2.32. The Balaban J connectivity index is 1.38. The molecule has 7 nitrogen and oxygen atoms in total. The summed E-state index contributed by atoms with van der Waals surface area (Å²) in [6, 6.07) is 7.85. The van der Waals surface area contributed by atoms with Gasteiger partial charge < -0.3 is 24.8 Å². The van der Waals surface area contributed by atoms with Crippen molar-refractivity contribution in [2.24, 2.45) is 0 Å². The minimum Gasteiger partial charge on any atom is -0.454 e. The Hall–Kier alpha value is -2.54. The fourth-order valence-corrected chi connectivity index (χ4v) is 2.99. The van der Waals surface area contributed by atoms with Gasteiger partial charge in [-0.1, -0.05) is 6.07 Å². The Morgan fingerprint density at radius 1 is 1.12 bits per heavy atom. The summed E-state index contributed by atoms with van der Waals surface area (Å²) in [7, 11) is 0. The van der Waals surface area contributed by atoms with Crippen molar-refractivity contribution in [1.29, 1.82) is 0 Å². The first-order chi connectivity index (χ1) is 12.3. The molecule has 1 aromatic carbocycles. The molecule has 2 N–H and O–H groups in total. The van der Waals surface area contributed by atoms with Crippen LogP contribution in [0.15, 0.2) is 24.3 Å². The van der Waals surface area contributed by atoms with Crippen LogP contribution in [0.5, 0.6) is 11.5 Å². The molecule has 1 fully saturated rings. The number of aromatic nitrogens is 2. The maximum Gasteiger partial charge on any atom is 0.231 e. The van der Waals surface area contributed by atoms with Crippen molar-refractivity contribution in [2.45, 2.75) is 32.4 Å². The van der Waals surface area contributed by atoms with E-state index in [2.05, 4.69) is 20.6 Å². The topological polar surface area (TPSA) is 77.5 Å². The lowest BCUT2D eigenvalue weighted by Crippen LogP contribution is -2.19. The molecule has 2 aliphatic rings. The fraction of sp³-hybridized carbons (Fsp3) is 0.444. The summed E-state index contributed by atoms with van der Waals surface area (Å²) in [6.07, 6.45) is 2.52. The molecule has 1 aromatic heterocycles. The third kappa shape index (κ3) is 3.93. The zero-order valence-corrected chi connectivity index (χ0v) is 14.2. The molecule has 0 bridgehead atoms. The molecule has 4 rings (SSSR count). The molecule has 0 aliphatic carbocycles. The summed E-state index contributed by atoms with van der Waals surface area (Å²) in [4.78, 5) is 8.99. The van der Waals surface area contributed by atoms with Gasteiger partial charge in [0.2, 0.25) is 12.7 Å². The monoisotopic (exact) mass is 342 g/mol. The van der Waals surface area contributed by atoms with E-state index >= 15 is 0 Å². The Morgan fingerprint density at radius 2 is 2.04 bits per heavy atom. The summed E-state index contributed by atoms with van der Waals surface area (Å²) in [6.45, 7) is 4.50. The van der Waals surface area contributed by atoms with Crippen LogP contribution in [0.25, 0.3) is 0 Å². The van der Waals surface area contributed by atoms with E-state index < -0.39 is 0 Å². The van der Waals surface area contributed by atoms with Gasteiger partial charge in [0.15, 0.2) is 11.5 Å². The fourth-order valence-electron chi connectivity index (χ4n) is 2.99. The van der Waals surface area contributed by atoms with E-state index in [1.165, 1.54) is 0 Å². The second-order valence-electron chi connectivity index (χ2n) is 6.28. The van der Waals surface area contributed by atoms with Gasteiger partial charge in [-0.25, -0.2) is 4.98 Å². The number of aryl methyl sites for hydroxylation is 1. The minimum atomic E-state index is 0.278. The highest BCUT2D eigenvalue weighted by atomic mass is 16.7. The van der Waals surface area contributed by atoms with E-state index in [-0.39, 0.29) is 12.9 Å². The average molecular weight is 342 g/mol. The van der Waals surface area contributed by atoms with Crippen molar-refractivity contribution in [3.63, 3.8) is 0 Å². The third-order valence-electron chi connectivity index (χ3n) is 4.28. The largest absolute Gasteiger partial charge is 0.454 e. The van der Waals surface area contributed by atoms with Crippen molar-refractivity contribution in [3.05, 3.63) is 35.5 Å². The molecule has 0 radical (unpaired) electrons. The van der Waals surface area contributed by atoms with Gasteiger partial charge in [-0.2, -0.15) is 4.98 Å². The summed E-state index contributed by atoms with van der Waals surface area (Å²) >= 11 is 0. The lowest BCUT2D eigenvalue weighted by atomic mass is 10.2. The highest BCUT2D eigenvalue weighted by molar-refractivity contribution is 5.46. The molecular formula is C18H22N4O3. The maximum absolute atomic E-state index is 5.63. The van der Waals surface area contributed by atoms with Crippen molar-refractivity contribution in [3.8, 4) is 11.5 Å². The molecule has 1 saturated heterocycles. The number of anilines is 2. The standard InChI is InChI=1S/C18H22N4O3/c1-12-7-17(19-10-14-3-2-6-23-14)22-18(21-12)20-9-13-4-5-15-16(8-13)25-11-24-15/h4-5,7-8,14H,2-3,6,9-11H2,1H3,(H2,19,20,21,22). The summed E-state index contributed by atoms with van der Waals surface area (Å²) in [5.74, 6) is 2.99. The Morgan fingerprint density at radius 3 is 2.92 bits per heavy atom. The first-order valence-corrected chi connectivity index (χ1v) is 8.60. The number of benzene rings is 1. The third-order valence-corrected chi connectivity index (χ3v) is 4.28. The van der Waals surface area contributed by atoms with E-state index in [4.69, 9.17) is 14.2 Å². The van der Waals surface area contributed by atoms with E-state index in [1.807, 2.05) is 31.2 Å². The smallest absolute Gasteiger partial charge is 0.231 e. The summed E-state index contributed by atoms with van der Waals surface area (Å²) in [5, 5.41) is 6.62. The molecule has 0 saturated carbocycles. The second kappa shape index (κ2) is 7.14. The number of hydrogen-bond donors (Lipinski definition) is 2. The zero-order chi connectivity index (χ0) is 17.1. The van der Waals surface area contributed by atoms with Gasteiger partial charge >= 0.3 is 0 Å². The quantitative estimate of drug-likeness (QED) is 0.836. The predicted octanol–water partition coefficient (Wildman–Crippen LogP) is 2.72. The Bertz CT molecular complexity index is 747. The number of ether oxygens (including phenoxy) is 3. The minimum absolute atomic E-state index is 0.278. The van der Waals surface area contributed by atoms with Gasteiger partial charge in [-0.3, -0.25) is 0 Å². The van der Waals surface area contributed by atoms with Crippen LogP contribution >= 0.6 is 0 Å². The van der Waals surface area contributed by atoms with Crippen molar-refractivity contribution in [2.75, 3.05) is 30.6 Å². The second-order valence-corrected chi connectivity index (χ2v) is 6.28. The average Bonchev–Trinajstić information content (AvgIpc) is 3.28. The molecule has 132 valence electrons. The molecule has 0 spiro atoms. The predicted molar refractivity (Wildman–Crippen MR) is 94.1 cm³/mol. The maximum atomic E-state index is 5.63. The van der Waals surface area contributed by atoms with Gasteiger partial charge in [0.1, 0.15) is 5.82 Å². The normalized spacial score (nSPS) is 18.4. The van der Waals surface area contributed by atoms with Crippen LogP contribution in [0.3, 0.4) is 0 Å². The Labute approximate surface area is 146 Å². The Kier molecular flexibility index (Phi) is 4.56. The van der Waals surface area contributed by atoms with Gasteiger partial charge in [0, 0.05) is 31.5 Å². The van der Waals surface area contributed by atoms with Crippen LogP contribution in [0, 0.1) is 6.92 Å². The van der Waals surface area contributed by atoms with Gasteiger partial charge in [0.25, 0.3) is 0 Å². The zero-order valence-electron chi connectivity index (χ0n) is 14.2. The summed E-state index contributed by atoms with van der Waals surface area (Å²) < 4.78 is 16.4. The molecule has 2 aromatic rings. The molecule has 7 heteroatoms. The SMILES string of the molecule is Cc1cc(NCC2CCCO2)nc(NCc2ccc3c(c2)OCO3)n1. The first kappa shape index (κ1) is 16.0. The van der Waals surface area contributed by atoms with Crippen LogP contribution in [-0.2, 0) is 11.3 Å². The molecule has 1 unspecified atom stereocenters. The van der Waals surface area contributed by atoms with Crippen molar-refractivity contribution in [1.82, 2.24) is 9.97 Å². The van der Waals surface area contributed by atoms with E-state index in [9.17, 15) is 0 Å². The van der Waals surface area contributed by atoms with Crippen LogP contribution in [-0.4, -0.2) is 36.0 Å². The number of nitrogens with zero attached hydrogens (tertiary/aromatic N) is 2. The number of rotatable bonds is 6. The van der Waals surface area contributed by atoms with E-state index in [1.54, 1.807) is 0 Å². The molecule has 0 amide bonds. The lowest BCUT2D eigenvalue weighted by Gasteiger charge is -2.13. The van der Waals surface area contributed by atoms with Gasteiger partial charge in [0.05, 0.1) is 6.10 Å². The van der Waals surface area contributed by atoms with E-state index in [0.29, 0.717) is 12.5 Å². The van der Waals surface area contributed by atoms with Gasteiger partial charge in [-0.05, 0) is 37.5 Å². The lowest BCUT2D eigenvalue weighted by molar-refractivity contribution is 0.120. The molecular weight excluding hydrogens is 320 g/mol. The number of hydrogen-bond acceptors (Lipinski definition) is 7. The van der Waals surface area contributed by atoms with Crippen LogP contribution < -0.4 is 20.1 Å². The summed E-state index contributed by atoms with van der Waals surface area (Å²) in [5.41, 5.74) is 2.00.